The monoisotopic (exact) mass is 523 g/mol. The van der Waals surface area contributed by atoms with Gasteiger partial charge in [-0.3, -0.25) is 8.77 Å². The average molecular weight is 524 g/mol. The molecule has 5 aromatic rings. The minimum atomic E-state index is -0.486. The van der Waals surface area contributed by atoms with Crippen LogP contribution in [0.1, 0.15) is 32.7 Å². The predicted molar refractivity (Wildman–Crippen MR) is 152 cm³/mol. The first-order chi connectivity index (χ1) is 18.2. The van der Waals surface area contributed by atoms with Crippen molar-refractivity contribution in [2.75, 3.05) is 6.54 Å². The fraction of sp³-hybridized carbons (Fsp3) is 0.0968. The van der Waals surface area contributed by atoms with Gasteiger partial charge in [0.1, 0.15) is 11.1 Å². The number of carbonyl (C=O) groups is 1. The quantitative estimate of drug-likeness (QED) is 0.212. The van der Waals surface area contributed by atoms with Gasteiger partial charge in [0.25, 0.3) is 5.91 Å². The second-order valence-electron chi connectivity index (χ2n) is 8.58. The molecule has 0 saturated heterocycles. The lowest BCUT2D eigenvalue weighted by atomic mass is 9.84. The van der Waals surface area contributed by atoms with E-state index in [2.05, 4.69) is 87.1 Å². The highest BCUT2D eigenvalue weighted by Crippen LogP contribution is 2.48. The molecule has 37 heavy (non-hydrogen) atoms. The van der Waals surface area contributed by atoms with Crippen LogP contribution in [0.25, 0.3) is 0 Å². The second-order valence-corrected chi connectivity index (χ2v) is 10.2. The van der Waals surface area contributed by atoms with E-state index in [-0.39, 0.29) is 5.91 Å². The van der Waals surface area contributed by atoms with Gasteiger partial charge in [-0.15, -0.1) is 0 Å². The van der Waals surface area contributed by atoms with Crippen LogP contribution in [0.5, 0.6) is 0 Å². The van der Waals surface area contributed by atoms with Crippen LogP contribution in [-0.2, 0) is 11.2 Å². The highest BCUT2D eigenvalue weighted by molar-refractivity contribution is 7.99. The van der Waals surface area contributed by atoms with Gasteiger partial charge >= 0.3 is 0 Å². The standard InChI is InChI=1S/C31H26ClN3OS/c32-29-19-11-10-18-28(29)30(36)33-21-20-27-22-35(23-34-27)37-31(24-12-4-1-5-13-24,25-14-6-2-7-15-25)26-16-8-3-9-17-26/h1-19,22-23H,20-21H2,(H,33,36). The molecule has 0 aliphatic carbocycles. The van der Waals surface area contributed by atoms with Crippen molar-refractivity contribution >= 4 is 29.5 Å². The Bertz CT molecular complexity index is 1360. The van der Waals surface area contributed by atoms with Crippen LogP contribution in [0, 0.1) is 0 Å². The molecular formula is C31H26ClN3OS. The Hall–Kier alpha value is -3.80. The number of rotatable bonds is 9. The molecule has 0 unspecified atom stereocenters. The number of nitrogens with zero attached hydrogens (tertiary/aromatic N) is 2. The fourth-order valence-electron chi connectivity index (χ4n) is 4.40. The Morgan fingerprint density at radius 2 is 1.30 bits per heavy atom. The number of halogens is 1. The SMILES string of the molecule is O=C(NCCc1cn(SC(c2ccccc2)(c2ccccc2)c2ccccc2)cn1)c1ccccc1Cl. The van der Waals surface area contributed by atoms with Crippen molar-refractivity contribution in [1.29, 1.82) is 0 Å². The Morgan fingerprint density at radius 3 is 1.84 bits per heavy atom. The molecule has 1 amide bonds. The highest BCUT2D eigenvalue weighted by Gasteiger charge is 2.38. The van der Waals surface area contributed by atoms with E-state index in [1.807, 2.05) is 36.8 Å². The van der Waals surface area contributed by atoms with Gasteiger partial charge in [-0.25, -0.2) is 4.98 Å². The average Bonchev–Trinajstić information content (AvgIpc) is 3.40. The van der Waals surface area contributed by atoms with Gasteiger partial charge in [0, 0.05) is 19.2 Å². The maximum atomic E-state index is 12.5. The summed E-state index contributed by atoms with van der Waals surface area (Å²) in [6.07, 6.45) is 4.49. The third-order valence-electron chi connectivity index (χ3n) is 6.18. The molecule has 0 spiro atoms. The minimum absolute atomic E-state index is 0.185. The van der Waals surface area contributed by atoms with Gasteiger partial charge in [0.2, 0.25) is 0 Å². The second kappa shape index (κ2) is 11.5. The largest absolute Gasteiger partial charge is 0.352 e. The Morgan fingerprint density at radius 1 is 0.784 bits per heavy atom. The van der Waals surface area contributed by atoms with Crippen molar-refractivity contribution in [3.8, 4) is 0 Å². The lowest BCUT2D eigenvalue weighted by Gasteiger charge is -2.35. The molecule has 0 radical (unpaired) electrons. The molecule has 4 nitrogen and oxygen atoms in total. The number of hydrogen-bond donors (Lipinski definition) is 1. The summed E-state index contributed by atoms with van der Waals surface area (Å²) in [6, 6.07) is 38.7. The third-order valence-corrected chi connectivity index (χ3v) is 7.90. The molecule has 1 N–H and O–H groups in total. The molecule has 0 aliphatic heterocycles. The highest BCUT2D eigenvalue weighted by atomic mass is 35.5. The van der Waals surface area contributed by atoms with Crippen LogP contribution in [0.15, 0.2) is 128 Å². The molecule has 0 bridgehead atoms. The van der Waals surface area contributed by atoms with Crippen LogP contribution in [0.2, 0.25) is 5.02 Å². The van der Waals surface area contributed by atoms with E-state index in [9.17, 15) is 4.79 Å². The Labute approximate surface area is 226 Å². The third kappa shape index (κ3) is 5.48. The molecule has 184 valence electrons. The number of nitrogens with one attached hydrogen (secondary N) is 1. The van der Waals surface area contributed by atoms with Gasteiger partial charge in [0.15, 0.2) is 0 Å². The minimum Gasteiger partial charge on any atom is -0.352 e. The maximum absolute atomic E-state index is 12.5. The number of benzene rings is 4. The lowest BCUT2D eigenvalue weighted by Crippen LogP contribution is -2.27. The van der Waals surface area contributed by atoms with Crippen LogP contribution < -0.4 is 5.32 Å². The van der Waals surface area contributed by atoms with Gasteiger partial charge in [-0.05, 0) is 40.8 Å². The van der Waals surface area contributed by atoms with E-state index >= 15 is 0 Å². The number of aromatic nitrogens is 2. The first-order valence-corrected chi connectivity index (χ1v) is 13.2. The smallest absolute Gasteiger partial charge is 0.252 e. The summed E-state index contributed by atoms with van der Waals surface area (Å²) in [4.78, 5) is 17.1. The summed E-state index contributed by atoms with van der Waals surface area (Å²) in [5.41, 5.74) is 4.91. The molecule has 6 heteroatoms. The van der Waals surface area contributed by atoms with E-state index in [0.29, 0.717) is 23.6 Å². The zero-order valence-corrected chi connectivity index (χ0v) is 21.7. The van der Waals surface area contributed by atoms with E-state index in [4.69, 9.17) is 11.6 Å². The first-order valence-electron chi connectivity index (χ1n) is 12.1. The van der Waals surface area contributed by atoms with Crippen molar-refractivity contribution in [3.05, 3.63) is 161 Å². The summed E-state index contributed by atoms with van der Waals surface area (Å²) >= 11 is 7.86. The predicted octanol–water partition coefficient (Wildman–Crippen LogP) is 7.00. The normalized spacial score (nSPS) is 11.3. The number of hydrogen-bond acceptors (Lipinski definition) is 3. The topological polar surface area (TPSA) is 46.9 Å². The molecule has 1 aromatic heterocycles. The van der Waals surface area contributed by atoms with Gasteiger partial charge < -0.3 is 5.32 Å². The molecule has 0 aliphatic rings. The number of carbonyl (C=O) groups excluding carboxylic acids is 1. The van der Waals surface area contributed by atoms with E-state index in [1.165, 1.54) is 16.7 Å². The zero-order valence-electron chi connectivity index (χ0n) is 20.1. The summed E-state index contributed by atoms with van der Waals surface area (Å²) in [7, 11) is 0. The van der Waals surface area contributed by atoms with Crippen LogP contribution in [0.4, 0.5) is 0 Å². The number of amides is 1. The summed E-state index contributed by atoms with van der Waals surface area (Å²) < 4.78 is 1.58. The van der Waals surface area contributed by atoms with Crippen molar-refractivity contribution < 1.29 is 4.79 Å². The van der Waals surface area contributed by atoms with E-state index in [1.54, 1.807) is 30.1 Å². The van der Waals surface area contributed by atoms with E-state index < -0.39 is 4.75 Å². The Balaban J connectivity index is 1.41. The van der Waals surface area contributed by atoms with Crippen molar-refractivity contribution in [1.82, 2.24) is 14.3 Å². The maximum Gasteiger partial charge on any atom is 0.252 e. The van der Waals surface area contributed by atoms with Crippen molar-refractivity contribution in [2.24, 2.45) is 0 Å². The van der Waals surface area contributed by atoms with Gasteiger partial charge in [-0.1, -0.05) is 115 Å². The van der Waals surface area contributed by atoms with Crippen molar-refractivity contribution in [3.63, 3.8) is 0 Å². The van der Waals surface area contributed by atoms with E-state index in [0.717, 1.165) is 5.69 Å². The zero-order chi connectivity index (χ0) is 25.5. The molecule has 0 atom stereocenters. The molecule has 1 heterocycles. The van der Waals surface area contributed by atoms with Crippen LogP contribution in [0.3, 0.4) is 0 Å². The molecule has 0 saturated carbocycles. The number of imidazole rings is 1. The molecular weight excluding hydrogens is 498 g/mol. The molecule has 0 fully saturated rings. The van der Waals surface area contributed by atoms with Crippen LogP contribution in [-0.4, -0.2) is 21.4 Å². The first kappa shape index (κ1) is 24.9. The Kier molecular flexibility index (Phi) is 7.73. The fourth-order valence-corrected chi connectivity index (χ4v) is 5.93. The summed E-state index contributed by atoms with van der Waals surface area (Å²) in [5.74, 6) is -0.185. The summed E-state index contributed by atoms with van der Waals surface area (Å²) in [5, 5.41) is 3.39. The van der Waals surface area contributed by atoms with Crippen molar-refractivity contribution in [2.45, 2.75) is 11.2 Å². The molecule has 4 aromatic carbocycles. The van der Waals surface area contributed by atoms with Crippen LogP contribution >= 0.6 is 23.5 Å². The van der Waals surface area contributed by atoms with Gasteiger partial charge in [-0.2, -0.15) is 0 Å². The molecule has 5 rings (SSSR count). The van der Waals surface area contributed by atoms with Gasteiger partial charge in [0.05, 0.1) is 16.3 Å². The summed E-state index contributed by atoms with van der Waals surface area (Å²) in [6.45, 7) is 0.465. The lowest BCUT2D eigenvalue weighted by molar-refractivity contribution is 0.0954.